The molecule has 2 aliphatic rings. The summed E-state index contributed by atoms with van der Waals surface area (Å²) < 4.78 is 21.3. The average Bonchev–Trinajstić information content (AvgIpc) is 3.94. The van der Waals surface area contributed by atoms with Crippen LogP contribution in [0.4, 0.5) is 0 Å². The molecular weight excluding hydrogens is 744 g/mol. The molecule has 0 bridgehead atoms. The Morgan fingerprint density at radius 3 is 2.36 bits per heavy atom. The first-order chi connectivity index (χ1) is 28.4. The highest BCUT2D eigenvalue weighted by Crippen LogP contribution is 2.37. The van der Waals surface area contributed by atoms with E-state index in [1.165, 1.54) is 37.2 Å². The summed E-state index contributed by atoms with van der Waals surface area (Å²) >= 11 is 7.01. The Kier molecular flexibility index (Phi) is 12.4. The molecule has 8 rings (SSSR count). The highest BCUT2D eigenvalue weighted by Gasteiger charge is 2.24. The fourth-order valence-corrected chi connectivity index (χ4v) is 8.36. The van der Waals surface area contributed by atoms with Gasteiger partial charge >= 0.3 is 0 Å². The highest BCUT2D eigenvalue weighted by molar-refractivity contribution is 6.32. The maximum Gasteiger partial charge on any atom is 0.142 e. The second-order valence-electron chi connectivity index (χ2n) is 15.3. The first-order valence-corrected chi connectivity index (χ1v) is 20.6. The summed E-state index contributed by atoms with van der Waals surface area (Å²) in [4.78, 5) is 9.15. The lowest BCUT2D eigenvalue weighted by molar-refractivity contribution is 0.233. The first-order valence-electron chi connectivity index (χ1n) is 20.2. The van der Waals surface area contributed by atoms with Crippen molar-refractivity contribution in [2.24, 2.45) is 0 Å². The predicted octanol–water partition coefficient (Wildman–Crippen LogP) is 9.66. The first kappa shape index (κ1) is 39.2. The number of hydrogen-bond donors (Lipinski definition) is 0. The van der Waals surface area contributed by atoms with Crippen molar-refractivity contribution in [2.75, 3.05) is 32.8 Å². The molecule has 1 saturated heterocycles. The number of halogens is 1. The minimum absolute atomic E-state index is 0.242. The summed E-state index contributed by atoms with van der Waals surface area (Å²) in [6.45, 7) is 11.3. The van der Waals surface area contributed by atoms with E-state index in [2.05, 4.69) is 87.9 Å². The van der Waals surface area contributed by atoms with Gasteiger partial charge in [-0.25, -0.2) is 4.68 Å². The molecule has 4 heterocycles. The van der Waals surface area contributed by atoms with Crippen LogP contribution in [-0.2, 0) is 32.7 Å². The highest BCUT2D eigenvalue weighted by atomic mass is 35.5. The van der Waals surface area contributed by atoms with Crippen molar-refractivity contribution >= 4 is 11.6 Å². The lowest BCUT2D eigenvalue weighted by Crippen LogP contribution is -2.30. The van der Waals surface area contributed by atoms with Crippen molar-refractivity contribution in [3.05, 3.63) is 153 Å². The standard InChI is InChI=1S/C48H49ClN6O3/c1-34-38(11-8-14-42(34)43-15-9-16-46(35(43)2)56-22-10-20-53-18-6-7-19-53)33-58-48-25-47(57-32-37-23-36(26-50)27-51-28-37)39(24-44(48)49)30-54-21-17-45-40(31-54)29-52-55(45)41-12-4-3-5-13-41/h3-5,8-9,11-16,23-25,27-29H,6-7,10,17-22,30-33H2,1-2H3. The van der Waals surface area contributed by atoms with Crippen molar-refractivity contribution in [3.63, 3.8) is 0 Å². The summed E-state index contributed by atoms with van der Waals surface area (Å²) in [7, 11) is 0. The molecule has 1 fully saturated rings. The van der Waals surface area contributed by atoms with Gasteiger partial charge in [-0.3, -0.25) is 9.88 Å². The van der Waals surface area contributed by atoms with Crippen molar-refractivity contribution in [3.8, 4) is 40.1 Å². The van der Waals surface area contributed by atoms with Crippen molar-refractivity contribution < 1.29 is 14.2 Å². The van der Waals surface area contributed by atoms with Crippen LogP contribution in [0.25, 0.3) is 16.8 Å². The zero-order valence-electron chi connectivity index (χ0n) is 33.3. The molecule has 10 heteroatoms. The van der Waals surface area contributed by atoms with Gasteiger partial charge in [0, 0.05) is 73.4 Å². The van der Waals surface area contributed by atoms with E-state index in [0.717, 1.165) is 82.9 Å². The van der Waals surface area contributed by atoms with Gasteiger partial charge in [0.1, 0.15) is 36.5 Å². The van der Waals surface area contributed by atoms with Crippen LogP contribution in [0.5, 0.6) is 17.2 Å². The smallest absolute Gasteiger partial charge is 0.142 e. The Balaban J connectivity index is 0.989. The summed E-state index contributed by atoms with van der Waals surface area (Å²) in [5.74, 6) is 2.15. The molecule has 6 aromatic rings. The molecule has 296 valence electrons. The molecule has 0 saturated carbocycles. The van der Waals surface area contributed by atoms with E-state index in [1.807, 2.05) is 36.5 Å². The second-order valence-corrected chi connectivity index (χ2v) is 15.7. The molecule has 2 aromatic heterocycles. The fraction of sp³-hybridized carbons (Fsp3) is 0.312. The Bertz CT molecular complexity index is 2400. The SMILES string of the molecule is Cc1c(COc2cc(OCc3cncc(C#N)c3)c(CN3CCc4c(cnn4-c4ccccc4)C3)cc2Cl)cccc1-c1cccc(OCCCN2CCCC2)c1C. The second kappa shape index (κ2) is 18.3. The lowest BCUT2D eigenvalue weighted by atomic mass is 9.93. The summed E-state index contributed by atoms with van der Waals surface area (Å²) in [5.41, 5.74) is 11.4. The van der Waals surface area contributed by atoms with E-state index in [4.69, 9.17) is 30.9 Å². The molecular formula is C48H49ClN6O3. The van der Waals surface area contributed by atoms with Crippen molar-refractivity contribution in [1.29, 1.82) is 5.26 Å². The average molecular weight is 793 g/mol. The van der Waals surface area contributed by atoms with Crippen LogP contribution in [0.2, 0.25) is 5.02 Å². The van der Waals surface area contributed by atoms with Gasteiger partial charge in [0.05, 0.1) is 29.1 Å². The number of fused-ring (bicyclic) bond motifs is 1. The van der Waals surface area contributed by atoms with Crippen LogP contribution >= 0.6 is 11.6 Å². The lowest BCUT2D eigenvalue weighted by Gasteiger charge is -2.28. The minimum Gasteiger partial charge on any atom is -0.493 e. The number of benzene rings is 4. The number of nitriles is 1. The molecule has 58 heavy (non-hydrogen) atoms. The normalized spacial score (nSPS) is 14.2. The Morgan fingerprint density at radius 2 is 1.53 bits per heavy atom. The van der Waals surface area contributed by atoms with Gasteiger partial charge in [-0.2, -0.15) is 10.4 Å². The Labute approximate surface area is 346 Å². The molecule has 0 amide bonds. The van der Waals surface area contributed by atoms with Crippen molar-refractivity contribution in [1.82, 2.24) is 24.6 Å². The summed E-state index contributed by atoms with van der Waals surface area (Å²) in [6, 6.07) is 30.8. The zero-order valence-corrected chi connectivity index (χ0v) is 34.0. The molecule has 0 unspecified atom stereocenters. The van der Waals surface area contributed by atoms with Gasteiger partial charge < -0.3 is 19.1 Å². The van der Waals surface area contributed by atoms with Gasteiger partial charge in [0.25, 0.3) is 0 Å². The van der Waals surface area contributed by atoms with Crippen LogP contribution in [0.3, 0.4) is 0 Å². The van der Waals surface area contributed by atoms with E-state index in [0.29, 0.717) is 41.8 Å². The van der Waals surface area contributed by atoms with Crippen LogP contribution in [0.15, 0.2) is 104 Å². The molecule has 0 spiro atoms. The van der Waals surface area contributed by atoms with E-state index in [-0.39, 0.29) is 6.61 Å². The number of rotatable bonds is 15. The molecule has 0 N–H and O–H groups in total. The van der Waals surface area contributed by atoms with Gasteiger partial charge in [-0.1, -0.05) is 60.1 Å². The minimum atomic E-state index is 0.242. The number of nitrogens with zero attached hydrogens (tertiary/aromatic N) is 6. The number of ether oxygens (including phenoxy) is 3. The maximum atomic E-state index is 9.45. The van der Waals surface area contributed by atoms with E-state index < -0.39 is 0 Å². The third-order valence-electron chi connectivity index (χ3n) is 11.3. The molecule has 4 aromatic carbocycles. The molecule has 0 aliphatic carbocycles. The monoisotopic (exact) mass is 792 g/mol. The van der Waals surface area contributed by atoms with Crippen LogP contribution in [-0.4, -0.2) is 57.4 Å². The van der Waals surface area contributed by atoms with E-state index >= 15 is 0 Å². The van der Waals surface area contributed by atoms with Crippen LogP contribution < -0.4 is 14.2 Å². The quantitative estimate of drug-likeness (QED) is 0.0951. The summed E-state index contributed by atoms with van der Waals surface area (Å²) in [6.07, 6.45) is 9.76. The van der Waals surface area contributed by atoms with E-state index in [1.54, 1.807) is 18.5 Å². The molecule has 0 atom stereocenters. The van der Waals surface area contributed by atoms with Gasteiger partial charge in [-0.05, 0) is 104 Å². The topological polar surface area (TPSA) is 88.7 Å². The third kappa shape index (κ3) is 9.05. The number of likely N-dealkylation sites (tertiary alicyclic amines) is 1. The van der Waals surface area contributed by atoms with Gasteiger partial charge in [-0.15, -0.1) is 0 Å². The number of hydrogen-bond acceptors (Lipinski definition) is 8. The van der Waals surface area contributed by atoms with Crippen LogP contribution in [0, 0.1) is 25.2 Å². The Hall–Kier alpha value is -5.66. The molecule has 2 aliphatic heterocycles. The van der Waals surface area contributed by atoms with E-state index in [9.17, 15) is 5.26 Å². The van der Waals surface area contributed by atoms with Gasteiger partial charge in [0.2, 0.25) is 0 Å². The summed E-state index contributed by atoms with van der Waals surface area (Å²) in [5, 5.41) is 14.7. The fourth-order valence-electron chi connectivity index (χ4n) is 8.12. The van der Waals surface area contributed by atoms with Gasteiger partial charge in [0.15, 0.2) is 0 Å². The molecule has 0 radical (unpaired) electrons. The number of para-hydroxylation sites is 1. The van der Waals surface area contributed by atoms with Crippen LogP contribution in [0.1, 0.15) is 63.9 Å². The largest absolute Gasteiger partial charge is 0.493 e. The number of pyridine rings is 1. The Morgan fingerprint density at radius 1 is 0.741 bits per heavy atom. The zero-order chi connectivity index (χ0) is 39.8. The number of aromatic nitrogens is 3. The molecule has 9 nitrogen and oxygen atoms in total. The predicted molar refractivity (Wildman–Crippen MR) is 228 cm³/mol. The third-order valence-corrected chi connectivity index (χ3v) is 11.6. The maximum absolute atomic E-state index is 9.45. The van der Waals surface area contributed by atoms with Crippen molar-refractivity contribution in [2.45, 2.75) is 65.8 Å².